The van der Waals surface area contributed by atoms with Crippen LogP contribution < -0.4 is 0 Å². The standard InChI is InChI=1S/C62H76O18/c1-35(19-15-21-37(3)23-25-43-39(5)53(69)47(31-61(43,9)10)77-51(67)29-27-49(65)75-33-45(63)57-41(7)56(72)60(74)79-57)17-13-14-18-36(2)20-16-22-38(4)24-26-44-40(6)54(70)48(32-62(44,11)12)78-52(68)30-28-50(66)76-34-46(64)58-55(71)42(8)59(73)80-58/h13-26,45-48,57-58,63-64,71-72H,27-34H2,1-12H3/b14-13+,19-15+,20-16+,25-23+,26-24+,35-17+,36-18+,37-21+,38-22+. The van der Waals surface area contributed by atoms with Gasteiger partial charge in [0, 0.05) is 18.4 Å². The molecule has 2 aliphatic carbocycles. The Kier molecular flexibility index (Phi) is 23.5. The molecule has 0 fully saturated rings. The molecule has 0 saturated heterocycles. The third-order valence-corrected chi connectivity index (χ3v) is 13.8. The van der Waals surface area contributed by atoms with Crippen molar-refractivity contribution < 1.29 is 87.2 Å². The van der Waals surface area contributed by atoms with Crippen molar-refractivity contribution in [2.75, 3.05) is 13.2 Å². The van der Waals surface area contributed by atoms with E-state index in [0.29, 0.717) is 11.1 Å². The van der Waals surface area contributed by atoms with Crippen LogP contribution in [0.3, 0.4) is 0 Å². The minimum absolute atomic E-state index is 0.0485. The molecule has 0 aromatic carbocycles. The summed E-state index contributed by atoms with van der Waals surface area (Å²) in [4.78, 5) is 99.7. The van der Waals surface area contributed by atoms with Crippen molar-refractivity contribution >= 4 is 47.4 Å². The van der Waals surface area contributed by atoms with E-state index in [9.17, 15) is 58.8 Å². The van der Waals surface area contributed by atoms with E-state index in [1.54, 1.807) is 13.8 Å². The highest BCUT2D eigenvalue weighted by Crippen LogP contribution is 2.42. The van der Waals surface area contributed by atoms with E-state index < -0.39 is 108 Å². The van der Waals surface area contributed by atoms with Gasteiger partial charge in [-0.2, -0.15) is 0 Å². The van der Waals surface area contributed by atoms with E-state index in [1.165, 1.54) is 13.8 Å². The SMILES string of the molecule is CC1=C(O)C(C(O)COC(=O)CCC(=O)OC2CC(C)(C)C(/C=C/C(C)=C/C=C/C(C)=C/C=C/C=C(C)/C=C/C=C(C)/C=C/C3=C(C)C(=O)C(OC(=O)CCC(=O)OCC(O)C4OC(=O)C(O)=C4C)CC3(C)C)=C(C)C2=O)OC1=O. The van der Waals surface area contributed by atoms with E-state index in [1.807, 2.05) is 140 Å². The van der Waals surface area contributed by atoms with Crippen molar-refractivity contribution in [1.82, 2.24) is 0 Å². The third-order valence-electron chi connectivity index (χ3n) is 13.8. The lowest BCUT2D eigenvalue weighted by Crippen LogP contribution is -2.39. The zero-order chi connectivity index (χ0) is 59.8. The third kappa shape index (κ3) is 18.4. The van der Waals surface area contributed by atoms with E-state index in [-0.39, 0.29) is 61.2 Å². The van der Waals surface area contributed by atoms with Crippen molar-refractivity contribution in [2.45, 2.75) is 158 Å². The molecule has 4 rings (SSSR count). The van der Waals surface area contributed by atoms with Crippen LogP contribution in [0, 0.1) is 10.8 Å². The normalized spacial score (nSPS) is 23.1. The minimum Gasteiger partial charge on any atom is -0.508 e. The first-order chi connectivity index (χ1) is 37.4. The molecule has 0 saturated carbocycles. The minimum atomic E-state index is -1.50. The fraction of sp³-hybridized carbons (Fsp3) is 0.452. The molecule has 0 amide bonds. The summed E-state index contributed by atoms with van der Waals surface area (Å²) in [6.07, 6.45) is 18.8. The predicted molar refractivity (Wildman–Crippen MR) is 296 cm³/mol. The van der Waals surface area contributed by atoms with Gasteiger partial charge in [-0.25, -0.2) is 9.59 Å². The molecule has 2 heterocycles. The number of cyclic esters (lactones) is 2. The molecular formula is C62H76O18. The Labute approximate surface area is 467 Å². The number of esters is 6. The van der Waals surface area contributed by atoms with Gasteiger partial charge in [0.25, 0.3) is 0 Å². The van der Waals surface area contributed by atoms with Crippen molar-refractivity contribution in [3.8, 4) is 0 Å². The first-order valence-corrected chi connectivity index (χ1v) is 26.3. The Morgan fingerprint density at radius 2 is 0.900 bits per heavy atom. The Bertz CT molecular complexity index is 2680. The second-order valence-corrected chi connectivity index (χ2v) is 21.5. The average Bonchev–Trinajstić information content (AvgIpc) is 3.82. The Morgan fingerprint density at radius 1 is 0.537 bits per heavy atom. The van der Waals surface area contributed by atoms with Crippen LogP contribution in [0.15, 0.2) is 152 Å². The lowest BCUT2D eigenvalue weighted by Gasteiger charge is -2.36. The number of allylic oxidation sites excluding steroid dienone is 20. The van der Waals surface area contributed by atoms with Crippen LogP contribution in [0.1, 0.15) is 122 Å². The number of carbonyl (C=O) groups excluding carboxylic acids is 8. The molecule has 6 unspecified atom stereocenters. The Hall–Kier alpha value is -7.70. The van der Waals surface area contributed by atoms with Gasteiger partial charge in [0.05, 0.1) is 31.3 Å². The second kappa shape index (κ2) is 29.0. The van der Waals surface area contributed by atoms with Gasteiger partial charge in [-0.1, -0.05) is 135 Å². The van der Waals surface area contributed by atoms with Crippen molar-refractivity contribution in [3.63, 3.8) is 0 Å². The van der Waals surface area contributed by atoms with E-state index in [0.717, 1.165) is 33.4 Å². The van der Waals surface area contributed by atoms with Crippen LogP contribution in [0.25, 0.3) is 0 Å². The van der Waals surface area contributed by atoms with Gasteiger partial charge in [0.15, 0.2) is 36.0 Å². The molecular weight excluding hydrogens is 1030 g/mol. The number of hydrogen-bond acceptors (Lipinski definition) is 18. The van der Waals surface area contributed by atoms with E-state index in [4.69, 9.17) is 28.4 Å². The zero-order valence-electron chi connectivity index (χ0n) is 47.7. The van der Waals surface area contributed by atoms with Crippen LogP contribution in [0.4, 0.5) is 0 Å². The molecule has 4 N–H and O–H groups in total. The summed E-state index contributed by atoms with van der Waals surface area (Å²) in [5, 5.41) is 40.0. The van der Waals surface area contributed by atoms with Crippen LogP contribution in [0.2, 0.25) is 0 Å². The maximum Gasteiger partial charge on any atom is 0.374 e. The Balaban J connectivity index is 1.20. The maximum atomic E-state index is 13.3. The fourth-order valence-electron chi connectivity index (χ4n) is 9.04. The average molecular weight is 1110 g/mol. The second-order valence-electron chi connectivity index (χ2n) is 21.5. The largest absolute Gasteiger partial charge is 0.508 e. The number of aliphatic hydroxyl groups excluding tert-OH is 4. The summed E-state index contributed by atoms with van der Waals surface area (Å²) in [6.45, 7) is 20.7. The fourth-order valence-corrected chi connectivity index (χ4v) is 9.04. The molecule has 4 aliphatic rings. The summed E-state index contributed by atoms with van der Waals surface area (Å²) in [5.41, 5.74) is 5.50. The van der Waals surface area contributed by atoms with Gasteiger partial charge in [0.1, 0.15) is 31.2 Å². The molecule has 2 aliphatic heterocycles. The summed E-state index contributed by atoms with van der Waals surface area (Å²) in [6, 6.07) is 0. The van der Waals surface area contributed by atoms with E-state index in [2.05, 4.69) is 0 Å². The first-order valence-electron chi connectivity index (χ1n) is 26.3. The number of hydrogen-bond donors (Lipinski definition) is 4. The summed E-state index contributed by atoms with van der Waals surface area (Å²) >= 11 is 0. The highest BCUT2D eigenvalue weighted by Gasteiger charge is 2.42. The summed E-state index contributed by atoms with van der Waals surface area (Å²) in [5.74, 6) is -6.61. The number of ketones is 2. The monoisotopic (exact) mass is 1110 g/mol. The molecule has 6 atom stereocenters. The van der Waals surface area contributed by atoms with Gasteiger partial charge in [-0.3, -0.25) is 28.8 Å². The molecule has 0 aromatic heterocycles. The van der Waals surface area contributed by atoms with Gasteiger partial charge in [-0.05, 0) is 88.5 Å². The van der Waals surface area contributed by atoms with Crippen molar-refractivity contribution in [3.05, 3.63) is 152 Å². The van der Waals surface area contributed by atoms with Crippen LogP contribution in [-0.4, -0.2) is 118 Å². The lowest BCUT2D eigenvalue weighted by atomic mass is 9.71. The van der Waals surface area contributed by atoms with Gasteiger partial charge in [-0.15, -0.1) is 0 Å². The summed E-state index contributed by atoms with van der Waals surface area (Å²) < 4.78 is 30.8. The van der Waals surface area contributed by atoms with Gasteiger partial charge in [0.2, 0.25) is 5.76 Å². The topological polar surface area (TPSA) is 273 Å². The van der Waals surface area contributed by atoms with Gasteiger partial charge < -0.3 is 48.8 Å². The smallest absolute Gasteiger partial charge is 0.374 e. The van der Waals surface area contributed by atoms with Gasteiger partial charge >= 0.3 is 35.8 Å². The maximum absolute atomic E-state index is 13.3. The molecule has 0 radical (unpaired) electrons. The molecule has 18 nitrogen and oxygen atoms in total. The molecule has 18 heteroatoms. The zero-order valence-corrected chi connectivity index (χ0v) is 47.7. The number of rotatable bonds is 24. The first kappa shape index (κ1) is 64.8. The number of Topliss-reactive ketones (excluding diaryl/α,β-unsaturated/α-hetero) is 2. The molecule has 80 heavy (non-hydrogen) atoms. The predicted octanol–water partition coefficient (Wildman–Crippen LogP) is 8.89. The van der Waals surface area contributed by atoms with Crippen molar-refractivity contribution in [1.29, 1.82) is 0 Å². The quantitative estimate of drug-likeness (QED) is 0.0399. The highest BCUT2D eigenvalue weighted by atomic mass is 16.6. The molecule has 0 spiro atoms. The Morgan fingerprint density at radius 3 is 1.27 bits per heavy atom. The highest BCUT2D eigenvalue weighted by molar-refractivity contribution is 6.02. The number of aliphatic hydroxyl groups is 4. The molecule has 0 bridgehead atoms. The number of carbonyl (C=O) groups is 8. The van der Waals surface area contributed by atoms with E-state index >= 15 is 0 Å². The lowest BCUT2D eigenvalue weighted by molar-refractivity contribution is -0.160. The number of ether oxygens (including phenoxy) is 6. The van der Waals surface area contributed by atoms with Crippen LogP contribution in [-0.2, 0) is 66.8 Å². The molecule has 432 valence electrons. The molecule has 0 aromatic rings. The summed E-state index contributed by atoms with van der Waals surface area (Å²) in [7, 11) is 0. The van der Waals surface area contributed by atoms with Crippen LogP contribution in [0.5, 0.6) is 0 Å². The van der Waals surface area contributed by atoms with Crippen molar-refractivity contribution in [2.24, 2.45) is 10.8 Å². The van der Waals surface area contributed by atoms with Crippen LogP contribution >= 0.6 is 0 Å².